The molecule has 160 valence electrons. The molecule has 0 amide bonds. The smallest absolute Gasteiger partial charge is 0.349 e. The van der Waals surface area contributed by atoms with E-state index < -0.39 is 11.2 Å². The Balaban J connectivity index is 1.61. The number of fused-ring (bicyclic) bond motifs is 3. The second kappa shape index (κ2) is 7.69. The third-order valence-electron chi connectivity index (χ3n) is 5.60. The lowest BCUT2D eigenvalue weighted by molar-refractivity contribution is 0.589. The predicted octanol–water partition coefficient (Wildman–Crippen LogP) is 4.49. The first-order valence-corrected chi connectivity index (χ1v) is 10.5. The van der Waals surface area contributed by atoms with Gasteiger partial charge in [-0.25, -0.2) is 4.79 Å². The second-order valence-electron chi connectivity index (χ2n) is 9.36. The van der Waals surface area contributed by atoms with Crippen LogP contribution in [0.5, 0.6) is 0 Å². The summed E-state index contributed by atoms with van der Waals surface area (Å²) in [6.07, 6.45) is 2.43. The number of rotatable bonds is 4. The molecule has 0 radical (unpaired) electrons. The van der Waals surface area contributed by atoms with Gasteiger partial charge in [-0.3, -0.25) is 4.79 Å². The zero-order chi connectivity index (χ0) is 22.3. The van der Waals surface area contributed by atoms with Crippen LogP contribution in [-0.2, 0) is 11.8 Å². The first-order valence-electron chi connectivity index (χ1n) is 10.5. The lowest BCUT2D eigenvalue weighted by Crippen LogP contribution is -2.32. The number of H-pyrrole nitrogens is 2. The quantitative estimate of drug-likeness (QED) is 0.481. The molecule has 0 aliphatic heterocycles. The summed E-state index contributed by atoms with van der Waals surface area (Å²) in [5.41, 5.74) is 4.33. The van der Waals surface area contributed by atoms with Crippen molar-refractivity contribution in [3.8, 4) is 0 Å². The van der Waals surface area contributed by atoms with Crippen molar-refractivity contribution in [3.05, 3.63) is 80.0 Å². The van der Waals surface area contributed by atoms with Crippen LogP contribution in [0.1, 0.15) is 44.4 Å². The van der Waals surface area contributed by atoms with E-state index in [0.717, 1.165) is 27.6 Å². The zero-order valence-corrected chi connectivity index (χ0v) is 18.6. The maximum atomic E-state index is 12.9. The molecule has 6 nitrogen and oxygen atoms in total. The molecule has 0 aliphatic carbocycles. The molecule has 0 bridgehead atoms. The van der Waals surface area contributed by atoms with E-state index in [1.165, 1.54) is 11.1 Å². The molecule has 0 unspecified atom stereocenters. The number of hydrogen-bond acceptors (Lipinski definition) is 3. The van der Waals surface area contributed by atoms with Crippen LogP contribution >= 0.6 is 0 Å². The summed E-state index contributed by atoms with van der Waals surface area (Å²) in [5.74, 6) is 0.0628. The first kappa shape index (κ1) is 20.8. The minimum absolute atomic E-state index is 0.0628. The third kappa shape index (κ3) is 4.10. The van der Waals surface area contributed by atoms with E-state index in [1.54, 1.807) is 6.21 Å². The van der Waals surface area contributed by atoms with E-state index >= 15 is 0 Å². The Morgan fingerprint density at radius 2 is 1.74 bits per heavy atom. The van der Waals surface area contributed by atoms with Gasteiger partial charge < -0.3 is 9.97 Å². The minimum atomic E-state index is -0.544. The monoisotopic (exact) mass is 416 g/mol. The summed E-state index contributed by atoms with van der Waals surface area (Å²) < 4.78 is 0.893. The Kier molecular flexibility index (Phi) is 5.17. The normalized spacial score (nSPS) is 13.5. The van der Waals surface area contributed by atoms with Gasteiger partial charge in [-0.15, -0.1) is 4.68 Å². The molecular weight excluding hydrogens is 388 g/mol. The molecule has 31 heavy (non-hydrogen) atoms. The van der Waals surface area contributed by atoms with Crippen molar-refractivity contribution in [1.82, 2.24) is 14.6 Å². The van der Waals surface area contributed by atoms with Gasteiger partial charge in [-0.05, 0) is 47.9 Å². The Labute approximate surface area is 180 Å². The Morgan fingerprint density at radius 1 is 1.03 bits per heavy atom. The van der Waals surface area contributed by atoms with Crippen LogP contribution < -0.4 is 11.2 Å². The molecule has 1 atom stereocenters. The molecule has 6 heteroatoms. The fourth-order valence-electron chi connectivity index (χ4n) is 3.80. The summed E-state index contributed by atoms with van der Waals surface area (Å²) in [5, 5.41) is 5.04. The highest BCUT2D eigenvalue weighted by Gasteiger charge is 2.14. The average molecular weight is 417 g/mol. The van der Waals surface area contributed by atoms with Gasteiger partial charge in [0.2, 0.25) is 0 Å². The molecule has 4 rings (SSSR count). The van der Waals surface area contributed by atoms with Gasteiger partial charge in [0.15, 0.2) is 0 Å². The maximum absolute atomic E-state index is 12.9. The maximum Gasteiger partial charge on any atom is 0.350 e. The number of aromatic nitrogens is 3. The zero-order valence-electron chi connectivity index (χ0n) is 18.6. The first-order chi connectivity index (χ1) is 14.6. The van der Waals surface area contributed by atoms with E-state index in [0.29, 0.717) is 11.0 Å². The molecule has 2 N–H and O–H groups in total. The van der Waals surface area contributed by atoms with Gasteiger partial charge >= 0.3 is 11.2 Å². The summed E-state index contributed by atoms with van der Waals surface area (Å²) in [6.45, 7) is 10.6. The van der Waals surface area contributed by atoms with Crippen molar-refractivity contribution in [1.29, 1.82) is 0 Å². The molecule has 2 heterocycles. The van der Waals surface area contributed by atoms with Crippen LogP contribution in [0.2, 0.25) is 0 Å². The van der Waals surface area contributed by atoms with Gasteiger partial charge in [0, 0.05) is 17.1 Å². The lowest BCUT2D eigenvalue weighted by atomic mass is 9.86. The Hall–Kier alpha value is -3.41. The summed E-state index contributed by atoms with van der Waals surface area (Å²) >= 11 is 0. The van der Waals surface area contributed by atoms with E-state index in [4.69, 9.17) is 0 Å². The van der Waals surface area contributed by atoms with Crippen LogP contribution in [0.3, 0.4) is 0 Å². The van der Waals surface area contributed by atoms with Gasteiger partial charge in [0.1, 0.15) is 5.52 Å². The third-order valence-corrected chi connectivity index (χ3v) is 5.60. The van der Waals surface area contributed by atoms with Crippen molar-refractivity contribution in [2.75, 3.05) is 0 Å². The summed E-state index contributed by atoms with van der Waals surface area (Å²) in [7, 11) is 0. The number of nitrogens with one attached hydrogen (secondary N) is 2. The molecular formula is C25H28N4O2. The van der Waals surface area contributed by atoms with Crippen molar-refractivity contribution in [3.63, 3.8) is 0 Å². The molecule has 0 saturated carbocycles. The molecule has 0 saturated heterocycles. The standard InChI is InChI=1S/C25H28N4O2/c1-15-6-11-20-19(13-15)21-22(27-20)23(30)29(24(31)28-21)26-14-16(2)12-17-7-9-18(10-8-17)25(3,4)5/h6-11,13-14,16,27H,12H2,1-5H3,(H,28,31)/b26-14-/t16-/m0/s1. The number of nitrogens with zero attached hydrogens (tertiary/aromatic N) is 2. The largest absolute Gasteiger partial charge is 0.350 e. The summed E-state index contributed by atoms with van der Waals surface area (Å²) in [4.78, 5) is 31.4. The molecule has 0 fully saturated rings. The van der Waals surface area contributed by atoms with Gasteiger partial charge in [0.05, 0.1) is 5.52 Å². The van der Waals surface area contributed by atoms with Crippen LogP contribution in [-0.4, -0.2) is 20.9 Å². The van der Waals surface area contributed by atoms with Crippen molar-refractivity contribution in [2.45, 2.75) is 46.5 Å². The van der Waals surface area contributed by atoms with Crippen molar-refractivity contribution >= 4 is 28.2 Å². The second-order valence-corrected chi connectivity index (χ2v) is 9.36. The van der Waals surface area contributed by atoms with Crippen LogP contribution in [0, 0.1) is 12.8 Å². The SMILES string of the molecule is Cc1ccc2[nH]c3c(=O)n(/N=C\[C@@H](C)Cc4ccc(C(C)(C)C)cc4)c(=O)[nH]c3c2c1. The van der Waals surface area contributed by atoms with Crippen molar-refractivity contribution in [2.24, 2.45) is 11.0 Å². The van der Waals surface area contributed by atoms with Crippen molar-refractivity contribution < 1.29 is 0 Å². The van der Waals surface area contributed by atoms with Gasteiger partial charge in [-0.2, -0.15) is 5.10 Å². The highest BCUT2D eigenvalue weighted by molar-refractivity contribution is 6.04. The van der Waals surface area contributed by atoms with Crippen LogP contribution in [0.25, 0.3) is 21.9 Å². The topological polar surface area (TPSA) is 83.0 Å². The Morgan fingerprint density at radius 3 is 2.42 bits per heavy atom. The minimum Gasteiger partial charge on any atom is -0.349 e. The van der Waals surface area contributed by atoms with E-state index in [1.807, 2.05) is 32.0 Å². The average Bonchev–Trinajstić information content (AvgIpc) is 3.05. The molecule has 2 aromatic heterocycles. The number of aromatic amines is 2. The number of hydrogen-bond donors (Lipinski definition) is 2. The van der Waals surface area contributed by atoms with E-state index in [9.17, 15) is 9.59 Å². The molecule has 0 spiro atoms. The summed E-state index contributed by atoms with van der Waals surface area (Å²) in [6, 6.07) is 14.4. The highest BCUT2D eigenvalue weighted by atomic mass is 16.2. The van der Waals surface area contributed by atoms with E-state index in [2.05, 4.69) is 60.1 Å². The molecule has 2 aromatic carbocycles. The fourth-order valence-corrected chi connectivity index (χ4v) is 3.80. The molecule has 4 aromatic rings. The van der Waals surface area contributed by atoms with Gasteiger partial charge in [0.25, 0.3) is 0 Å². The fraction of sp³-hybridized carbons (Fsp3) is 0.320. The molecule has 0 aliphatic rings. The van der Waals surface area contributed by atoms with Gasteiger partial charge in [-0.1, -0.05) is 63.6 Å². The van der Waals surface area contributed by atoms with Crippen LogP contribution in [0.15, 0.2) is 57.2 Å². The van der Waals surface area contributed by atoms with E-state index in [-0.39, 0.29) is 11.3 Å². The highest BCUT2D eigenvalue weighted by Crippen LogP contribution is 2.23. The Bertz CT molecular complexity index is 1400. The number of aryl methyl sites for hydroxylation is 1. The number of benzene rings is 2. The lowest BCUT2D eigenvalue weighted by Gasteiger charge is -2.19. The predicted molar refractivity (Wildman–Crippen MR) is 127 cm³/mol. The van der Waals surface area contributed by atoms with Crippen LogP contribution in [0.4, 0.5) is 0 Å².